The number of benzene rings is 1. The second-order valence-electron chi connectivity index (χ2n) is 4.67. The fourth-order valence-electron chi connectivity index (χ4n) is 1.93. The summed E-state index contributed by atoms with van der Waals surface area (Å²) >= 11 is 0. The number of nitrogens with one attached hydrogen (secondary N) is 2. The van der Waals surface area contributed by atoms with E-state index >= 15 is 0 Å². The molecule has 5 N–H and O–H groups in total. The first-order chi connectivity index (χ1) is 9.63. The largest absolute Gasteiger partial charge is 0.497 e. The van der Waals surface area contributed by atoms with Crippen molar-refractivity contribution in [3.63, 3.8) is 0 Å². The number of anilines is 1. The van der Waals surface area contributed by atoms with Crippen LogP contribution in [0, 0.1) is 5.92 Å². The van der Waals surface area contributed by atoms with E-state index in [4.69, 9.17) is 15.7 Å². The molecule has 0 bridgehead atoms. The van der Waals surface area contributed by atoms with Crippen LogP contribution in [0.5, 0.6) is 5.75 Å². The van der Waals surface area contributed by atoms with Crippen molar-refractivity contribution in [3.8, 4) is 5.75 Å². The summed E-state index contributed by atoms with van der Waals surface area (Å²) in [5.41, 5.74) is 6.19. The van der Waals surface area contributed by atoms with Crippen LogP contribution >= 0.6 is 0 Å². The Labute approximate surface area is 116 Å². The molecule has 1 aromatic carbocycles. The summed E-state index contributed by atoms with van der Waals surface area (Å²) in [7, 11) is 1.56. The molecule has 7 heteroatoms. The van der Waals surface area contributed by atoms with E-state index in [0.29, 0.717) is 11.4 Å². The van der Waals surface area contributed by atoms with Crippen molar-refractivity contribution in [2.24, 2.45) is 16.8 Å². The third kappa shape index (κ3) is 3.53. The van der Waals surface area contributed by atoms with Crippen LogP contribution < -0.4 is 21.1 Å². The highest BCUT2D eigenvalue weighted by molar-refractivity contribution is 5.95. The molecule has 1 saturated carbocycles. The molecule has 0 aliphatic heterocycles. The van der Waals surface area contributed by atoms with Gasteiger partial charge < -0.3 is 26.3 Å². The minimum absolute atomic E-state index is 0.0216. The second-order valence-corrected chi connectivity index (χ2v) is 4.67. The SMILES string of the molecule is COc1cccc(NC(=O)NC(C(N)=NO)C2CC2)c1. The molecule has 1 aliphatic carbocycles. The second kappa shape index (κ2) is 6.14. The maximum absolute atomic E-state index is 11.9. The molecule has 0 spiro atoms. The van der Waals surface area contributed by atoms with E-state index in [0.717, 1.165) is 12.8 Å². The van der Waals surface area contributed by atoms with Gasteiger partial charge in [-0.05, 0) is 30.9 Å². The Bertz CT molecular complexity index is 514. The number of hydrogen-bond donors (Lipinski definition) is 4. The molecule has 0 saturated heterocycles. The monoisotopic (exact) mass is 278 g/mol. The molecule has 0 radical (unpaired) electrons. The number of nitrogens with zero attached hydrogens (tertiary/aromatic N) is 1. The van der Waals surface area contributed by atoms with Crippen LogP contribution in [0.4, 0.5) is 10.5 Å². The van der Waals surface area contributed by atoms with Crippen LogP contribution in [0.15, 0.2) is 29.4 Å². The molecule has 1 atom stereocenters. The quantitative estimate of drug-likeness (QED) is 0.282. The van der Waals surface area contributed by atoms with E-state index in [1.807, 2.05) is 0 Å². The number of carbonyl (C=O) groups excluding carboxylic acids is 1. The van der Waals surface area contributed by atoms with Gasteiger partial charge in [-0.1, -0.05) is 11.2 Å². The molecule has 0 heterocycles. The lowest BCUT2D eigenvalue weighted by atomic mass is 10.2. The normalized spacial score (nSPS) is 16.4. The first-order valence-electron chi connectivity index (χ1n) is 6.33. The van der Waals surface area contributed by atoms with E-state index in [1.165, 1.54) is 0 Å². The maximum atomic E-state index is 11.9. The van der Waals surface area contributed by atoms with E-state index in [2.05, 4.69) is 15.8 Å². The number of hydrogen-bond acceptors (Lipinski definition) is 4. The molecule has 2 amide bonds. The van der Waals surface area contributed by atoms with Crippen LogP contribution in [-0.4, -0.2) is 30.2 Å². The maximum Gasteiger partial charge on any atom is 0.319 e. The van der Waals surface area contributed by atoms with Gasteiger partial charge in [0.15, 0.2) is 5.84 Å². The van der Waals surface area contributed by atoms with Gasteiger partial charge in [0.05, 0.1) is 13.2 Å². The Morgan fingerprint density at radius 3 is 2.90 bits per heavy atom. The first kappa shape index (κ1) is 14.0. The van der Waals surface area contributed by atoms with Gasteiger partial charge in [-0.3, -0.25) is 0 Å². The summed E-state index contributed by atoms with van der Waals surface area (Å²) in [6, 6.07) is 6.17. The summed E-state index contributed by atoms with van der Waals surface area (Å²) in [5.74, 6) is 0.910. The van der Waals surface area contributed by atoms with Gasteiger partial charge in [0, 0.05) is 11.8 Å². The average Bonchev–Trinajstić information content (AvgIpc) is 3.28. The third-order valence-electron chi connectivity index (χ3n) is 3.14. The summed E-state index contributed by atoms with van der Waals surface area (Å²) in [4.78, 5) is 11.9. The Morgan fingerprint density at radius 2 is 2.30 bits per heavy atom. The highest BCUT2D eigenvalue weighted by Gasteiger charge is 2.35. The minimum Gasteiger partial charge on any atom is -0.497 e. The van der Waals surface area contributed by atoms with Crippen molar-refractivity contribution in [1.29, 1.82) is 0 Å². The van der Waals surface area contributed by atoms with E-state index in [9.17, 15) is 4.79 Å². The highest BCUT2D eigenvalue weighted by atomic mass is 16.5. The zero-order valence-electron chi connectivity index (χ0n) is 11.2. The number of methoxy groups -OCH3 is 1. The van der Waals surface area contributed by atoms with Crippen molar-refractivity contribution >= 4 is 17.6 Å². The van der Waals surface area contributed by atoms with Crippen LogP contribution in [0.2, 0.25) is 0 Å². The van der Waals surface area contributed by atoms with Crippen LogP contribution in [-0.2, 0) is 0 Å². The highest BCUT2D eigenvalue weighted by Crippen LogP contribution is 2.32. The summed E-state index contributed by atoms with van der Waals surface area (Å²) in [5, 5.41) is 17.1. The van der Waals surface area contributed by atoms with Gasteiger partial charge in [-0.15, -0.1) is 0 Å². The van der Waals surface area contributed by atoms with Gasteiger partial charge in [0.2, 0.25) is 0 Å². The van der Waals surface area contributed by atoms with Crippen molar-refractivity contribution in [3.05, 3.63) is 24.3 Å². The van der Waals surface area contributed by atoms with Gasteiger partial charge in [0.1, 0.15) is 5.75 Å². The number of carbonyl (C=O) groups is 1. The van der Waals surface area contributed by atoms with Crippen molar-refractivity contribution in [1.82, 2.24) is 5.32 Å². The van der Waals surface area contributed by atoms with Crippen LogP contribution in [0.1, 0.15) is 12.8 Å². The molecule has 108 valence electrons. The summed E-state index contributed by atoms with van der Waals surface area (Å²) in [6.45, 7) is 0. The van der Waals surface area contributed by atoms with Crippen LogP contribution in [0.3, 0.4) is 0 Å². The Morgan fingerprint density at radius 1 is 1.55 bits per heavy atom. The molecule has 7 nitrogen and oxygen atoms in total. The number of amidine groups is 1. The number of rotatable bonds is 5. The van der Waals surface area contributed by atoms with Gasteiger partial charge >= 0.3 is 6.03 Å². The van der Waals surface area contributed by atoms with Crippen LogP contribution in [0.25, 0.3) is 0 Å². The molecule has 20 heavy (non-hydrogen) atoms. The fourth-order valence-corrected chi connectivity index (χ4v) is 1.93. The summed E-state index contributed by atoms with van der Waals surface area (Å²) < 4.78 is 5.08. The zero-order chi connectivity index (χ0) is 14.5. The molecule has 1 unspecified atom stereocenters. The standard InChI is InChI=1S/C13H18N4O3/c1-20-10-4-2-3-9(7-10)15-13(18)16-11(8-5-6-8)12(14)17-19/h2-4,7-8,11,19H,5-6H2,1H3,(H2,14,17)(H2,15,16,18). The lowest BCUT2D eigenvalue weighted by Gasteiger charge is -2.17. The third-order valence-corrected chi connectivity index (χ3v) is 3.14. The first-order valence-corrected chi connectivity index (χ1v) is 6.33. The Kier molecular flexibility index (Phi) is 4.29. The van der Waals surface area contributed by atoms with Gasteiger partial charge in [-0.25, -0.2) is 4.79 Å². The Balaban J connectivity index is 1.97. The molecule has 0 aromatic heterocycles. The smallest absolute Gasteiger partial charge is 0.319 e. The number of ether oxygens (including phenoxy) is 1. The predicted octanol–water partition coefficient (Wildman–Crippen LogP) is 1.34. The van der Waals surface area contributed by atoms with E-state index in [1.54, 1.807) is 31.4 Å². The van der Waals surface area contributed by atoms with Gasteiger partial charge in [0.25, 0.3) is 0 Å². The molecular weight excluding hydrogens is 260 g/mol. The van der Waals surface area contributed by atoms with E-state index in [-0.39, 0.29) is 11.8 Å². The lowest BCUT2D eigenvalue weighted by molar-refractivity contribution is 0.249. The van der Waals surface area contributed by atoms with Crippen molar-refractivity contribution in [2.45, 2.75) is 18.9 Å². The summed E-state index contributed by atoms with van der Waals surface area (Å²) in [6.07, 6.45) is 1.92. The lowest BCUT2D eigenvalue weighted by Crippen LogP contribution is -2.47. The average molecular weight is 278 g/mol. The number of amides is 2. The molecular formula is C13H18N4O3. The molecule has 2 rings (SSSR count). The fraction of sp³-hybridized carbons (Fsp3) is 0.385. The Hall–Kier alpha value is -2.44. The van der Waals surface area contributed by atoms with Crippen molar-refractivity contribution < 1.29 is 14.7 Å². The van der Waals surface area contributed by atoms with Gasteiger partial charge in [-0.2, -0.15) is 0 Å². The number of oxime groups is 1. The molecule has 1 aromatic rings. The molecule has 1 fully saturated rings. The number of nitrogens with two attached hydrogens (primary N) is 1. The zero-order valence-corrected chi connectivity index (χ0v) is 11.2. The van der Waals surface area contributed by atoms with E-state index < -0.39 is 12.1 Å². The number of urea groups is 1. The minimum atomic E-state index is -0.439. The predicted molar refractivity (Wildman–Crippen MR) is 75.1 cm³/mol. The topological polar surface area (TPSA) is 109 Å². The molecule has 1 aliphatic rings. The van der Waals surface area contributed by atoms with Crippen molar-refractivity contribution in [2.75, 3.05) is 12.4 Å².